The van der Waals surface area contributed by atoms with Crippen LogP contribution in [0.1, 0.15) is 6.23 Å². The number of aliphatic hydroxyl groups is 1. The highest BCUT2D eigenvalue weighted by Crippen LogP contribution is 2.55. The molecule has 0 amide bonds. The van der Waals surface area contributed by atoms with Gasteiger partial charge in [0, 0.05) is 11.8 Å². The number of benzene rings is 2. The molecule has 0 bridgehead atoms. The van der Waals surface area contributed by atoms with Crippen LogP contribution in [0.5, 0.6) is 23.0 Å². The van der Waals surface area contributed by atoms with Gasteiger partial charge in [0.1, 0.15) is 23.0 Å². The number of aromatic amines is 1. The van der Waals surface area contributed by atoms with Gasteiger partial charge in [0.2, 0.25) is 12.2 Å². The van der Waals surface area contributed by atoms with Gasteiger partial charge in [0.05, 0.1) is 27.2 Å². The van der Waals surface area contributed by atoms with Crippen molar-refractivity contribution in [3.05, 3.63) is 65.2 Å². The van der Waals surface area contributed by atoms with E-state index < -0.39 is 66.3 Å². The van der Waals surface area contributed by atoms with Crippen molar-refractivity contribution in [1.82, 2.24) is 19.5 Å². The molecular weight excluding hydrogens is 637 g/mol. The number of H-pyrrole nitrogens is 1. The molecule has 0 radical (unpaired) electrons. The first-order valence-corrected chi connectivity index (χ1v) is 15.0. The standard InChI is InChI=1S/C25H24F4N5O8PS/c1-37-13-3-7-15(8-4-13)41-43(44,42-16-9-5-14(38-2)6-10-16)39-11-24(21(26)27)20(36)25(28,29)22(40-24)34-12-31-17-18(34)32-23(30)33-19(17)35/h3-10,12,20-22,36H,11H2,1-2H3,(H3,30,32,33,35)/t20-,22-,24-/m1/s1. The fourth-order valence-electron chi connectivity index (χ4n) is 4.30. The molecule has 3 atom stereocenters. The van der Waals surface area contributed by atoms with Gasteiger partial charge in [0.25, 0.3) is 12.0 Å². The van der Waals surface area contributed by atoms with Crippen molar-refractivity contribution in [1.29, 1.82) is 0 Å². The maximum atomic E-state index is 15.5. The van der Waals surface area contributed by atoms with Gasteiger partial charge in [-0.05, 0) is 48.5 Å². The number of aliphatic hydroxyl groups excluding tert-OH is 1. The largest absolute Gasteiger partial charge is 0.497 e. The van der Waals surface area contributed by atoms with Crippen LogP contribution in [0.25, 0.3) is 11.2 Å². The number of fused-ring (bicyclic) bond motifs is 1. The van der Waals surface area contributed by atoms with Gasteiger partial charge >= 0.3 is 12.6 Å². The van der Waals surface area contributed by atoms with Crippen molar-refractivity contribution in [3.8, 4) is 23.0 Å². The lowest BCUT2D eigenvalue weighted by molar-refractivity contribution is -0.191. The van der Waals surface area contributed by atoms with E-state index in [0.717, 1.165) is 6.33 Å². The molecule has 236 valence electrons. The fourth-order valence-corrected chi connectivity index (χ4v) is 6.23. The van der Waals surface area contributed by atoms with Crippen LogP contribution in [0, 0.1) is 0 Å². The van der Waals surface area contributed by atoms with Crippen LogP contribution in [0.15, 0.2) is 59.7 Å². The summed E-state index contributed by atoms with van der Waals surface area (Å²) in [4.78, 5) is 21.8. The number of nitrogens with one attached hydrogen (secondary N) is 1. The Bertz CT molecular complexity index is 1690. The van der Waals surface area contributed by atoms with Crippen LogP contribution in [0.4, 0.5) is 23.5 Å². The molecule has 13 nitrogen and oxygen atoms in total. The molecule has 0 saturated carbocycles. The molecule has 1 fully saturated rings. The Hall–Kier alpha value is -3.96. The predicted octanol–water partition coefficient (Wildman–Crippen LogP) is 3.65. The van der Waals surface area contributed by atoms with E-state index in [1.54, 1.807) is 0 Å². The molecule has 5 rings (SSSR count). The van der Waals surface area contributed by atoms with Crippen molar-refractivity contribution in [3.63, 3.8) is 0 Å². The van der Waals surface area contributed by atoms with Crippen LogP contribution in [0.2, 0.25) is 0 Å². The SMILES string of the molecule is COc1ccc(OP(=S)(OC[C@@]2(C(F)F)O[C@@H](n3cnc4c(=O)[nH]c(N)nc43)C(F)(F)[C@@H]2O)Oc2ccc(OC)cc2)cc1. The Morgan fingerprint density at radius 2 is 1.59 bits per heavy atom. The van der Waals surface area contributed by atoms with Crippen LogP contribution in [0.3, 0.4) is 0 Å². The number of hydrogen-bond acceptors (Lipinski definition) is 12. The third kappa shape index (κ3) is 5.78. The molecule has 0 unspecified atom stereocenters. The molecule has 44 heavy (non-hydrogen) atoms. The summed E-state index contributed by atoms with van der Waals surface area (Å²) < 4.78 is 93.5. The molecular formula is C25H24F4N5O8PS. The summed E-state index contributed by atoms with van der Waals surface area (Å²) in [6.07, 6.45) is -8.79. The zero-order chi connectivity index (χ0) is 31.9. The highest BCUT2D eigenvalue weighted by molar-refractivity contribution is 8.07. The van der Waals surface area contributed by atoms with Crippen molar-refractivity contribution >= 4 is 35.6 Å². The average molecular weight is 662 g/mol. The number of nitrogens with zero attached hydrogens (tertiary/aromatic N) is 3. The van der Waals surface area contributed by atoms with Gasteiger partial charge in [0.15, 0.2) is 22.9 Å². The van der Waals surface area contributed by atoms with Gasteiger partial charge < -0.3 is 34.1 Å². The Labute approximate surface area is 250 Å². The lowest BCUT2D eigenvalue weighted by atomic mass is 9.96. The van der Waals surface area contributed by atoms with Crippen LogP contribution in [-0.2, 0) is 21.1 Å². The van der Waals surface area contributed by atoms with Crippen LogP contribution >= 0.6 is 6.72 Å². The molecule has 3 heterocycles. The first kappa shape index (κ1) is 31.5. The number of anilines is 1. The van der Waals surface area contributed by atoms with Gasteiger partial charge in [-0.25, -0.2) is 13.8 Å². The molecule has 0 spiro atoms. The lowest BCUT2D eigenvalue weighted by Crippen LogP contribution is -2.54. The first-order chi connectivity index (χ1) is 20.8. The van der Waals surface area contributed by atoms with Gasteiger partial charge in [-0.1, -0.05) is 0 Å². The number of halogens is 4. The second-order valence-electron chi connectivity index (χ2n) is 9.33. The second kappa shape index (κ2) is 11.9. The Morgan fingerprint density at radius 3 is 2.09 bits per heavy atom. The van der Waals surface area contributed by atoms with Crippen LogP contribution in [-0.4, -0.2) is 69.5 Å². The van der Waals surface area contributed by atoms with Crippen molar-refractivity contribution in [2.75, 3.05) is 26.6 Å². The van der Waals surface area contributed by atoms with Crippen molar-refractivity contribution in [2.45, 2.75) is 30.3 Å². The number of methoxy groups -OCH3 is 2. The van der Waals surface area contributed by atoms with E-state index in [1.165, 1.54) is 62.8 Å². The first-order valence-electron chi connectivity index (χ1n) is 12.5. The minimum Gasteiger partial charge on any atom is -0.497 e. The topological polar surface area (TPSA) is 165 Å². The molecule has 19 heteroatoms. The number of nitrogens with two attached hydrogens (primary N) is 1. The molecule has 1 aliphatic rings. The number of imidazole rings is 1. The summed E-state index contributed by atoms with van der Waals surface area (Å²) in [5.74, 6) is -3.78. The van der Waals surface area contributed by atoms with E-state index in [-0.39, 0.29) is 11.5 Å². The third-order valence-electron chi connectivity index (χ3n) is 6.56. The monoisotopic (exact) mass is 661 g/mol. The molecule has 0 aliphatic carbocycles. The summed E-state index contributed by atoms with van der Waals surface area (Å²) in [5.41, 5.74) is 0.372. The number of rotatable bonds is 11. The number of hydrogen-bond donors (Lipinski definition) is 3. The summed E-state index contributed by atoms with van der Waals surface area (Å²) in [6, 6.07) is 11.8. The highest BCUT2D eigenvalue weighted by Gasteiger charge is 2.71. The smallest absolute Gasteiger partial charge is 0.435 e. The normalized spacial score (nSPS) is 21.5. The van der Waals surface area contributed by atoms with E-state index in [4.69, 9.17) is 45.3 Å². The van der Waals surface area contributed by atoms with Gasteiger partial charge in [-0.3, -0.25) is 18.9 Å². The number of nitrogen functional groups attached to an aromatic ring is 1. The molecule has 4 aromatic rings. The highest BCUT2D eigenvalue weighted by atomic mass is 32.5. The third-order valence-corrected chi connectivity index (χ3v) is 8.64. The molecule has 2 aromatic carbocycles. The predicted molar refractivity (Wildman–Crippen MR) is 150 cm³/mol. The minimum absolute atomic E-state index is 0.0728. The maximum Gasteiger partial charge on any atom is 0.435 e. The summed E-state index contributed by atoms with van der Waals surface area (Å²) in [6.45, 7) is -5.57. The van der Waals surface area contributed by atoms with E-state index in [2.05, 4.69) is 15.0 Å². The quantitative estimate of drug-likeness (QED) is 0.158. The molecule has 4 N–H and O–H groups in total. The van der Waals surface area contributed by atoms with Crippen LogP contribution < -0.4 is 29.8 Å². The van der Waals surface area contributed by atoms with E-state index >= 15 is 8.78 Å². The molecule has 2 aromatic heterocycles. The molecule has 1 saturated heterocycles. The van der Waals surface area contributed by atoms with Gasteiger partial charge in [-0.15, -0.1) is 0 Å². The molecule has 1 aliphatic heterocycles. The maximum absolute atomic E-state index is 15.5. The zero-order valence-corrected chi connectivity index (χ0v) is 24.4. The zero-order valence-electron chi connectivity index (χ0n) is 22.7. The summed E-state index contributed by atoms with van der Waals surface area (Å²) in [7, 11) is 2.87. The number of ether oxygens (including phenoxy) is 3. The Morgan fingerprint density at radius 1 is 1.07 bits per heavy atom. The minimum atomic E-state index is -4.39. The second-order valence-corrected chi connectivity index (χ2v) is 12.2. The Balaban J connectivity index is 1.49. The number of aromatic nitrogens is 4. The van der Waals surface area contributed by atoms with E-state index in [9.17, 15) is 18.7 Å². The fraction of sp³-hybridized carbons (Fsp3) is 0.320. The van der Waals surface area contributed by atoms with Crippen molar-refractivity contribution < 1.29 is 50.5 Å². The Kier molecular flexibility index (Phi) is 8.48. The van der Waals surface area contributed by atoms with Gasteiger partial charge in [-0.2, -0.15) is 13.8 Å². The lowest BCUT2D eigenvalue weighted by Gasteiger charge is -2.32. The average Bonchev–Trinajstić information content (AvgIpc) is 3.49. The number of alkyl halides is 4. The summed E-state index contributed by atoms with van der Waals surface area (Å²) >= 11 is 5.49. The van der Waals surface area contributed by atoms with E-state index in [1.807, 2.05) is 0 Å². The summed E-state index contributed by atoms with van der Waals surface area (Å²) in [5, 5.41) is 10.7. The van der Waals surface area contributed by atoms with Crippen molar-refractivity contribution in [2.24, 2.45) is 0 Å². The van der Waals surface area contributed by atoms with E-state index in [0.29, 0.717) is 16.1 Å².